The zero-order valence-corrected chi connectivity index (χ0v) is 14.1. The molecule has 0 aromatic rings. The molecule has 0 saturated carbocycles. The van der Waals surface area contributed by atoms with E-state index in [4.69, 9.17) is 0 Å². The van der Waals surface area contributed by atoms with E-state index in [1.54, 1.807) is 0 Å². The molecule has 132 valence electrons. The van der Waals surface area contributed by atoms with Gasteiger partial charge in [0.05, 0.1) is 0 Å². The molecular weight excluding hydrogens is 240 g/mol. The Labute approximate surface area is 135 Å². The molecule has 0 spiro atoms. The van der Waals surface area contributed by atoms with Crippen LogP contribution in [0, 0.1) is 11.8 Å². The number of hydrogen-bond donors (Lipinski definition) is 0. The van der Waals surface area contributed by atoms with Crippen molar-refractivity contribution in [2.24, 2.45) is 11.8 Å². The third-order valence-electron chi connectivity index (χ3n) is 2.97. The lowest BCUT2D eigenvalue weighted by Gasteiger charge is -1.98. The first-order valence-electron chi connectivity index (χ1n) is 7.99. The van der Waals surface area contributed by atoms with E-state index in [1.165, 1.54) is 44.9 Å². The molecule has 0 aliphatic carbocycles. The molecule has 0 aromatic heterocycles. The zero-order valence-electron chi connectivity index (χ0n) is 14.1. The summed E-state index contributed by atoms with van der Waals surface area (Å²) in [4.78, 5) is 0. The molecule has 0 aliphatic heterocycles. The van der Waals surface area contributed by atoms with Gasteiger partial charge in [0.15, 0.2) is 0 Å². The first kappa shape index (κ1) is 36.8. The van der Waals surface area contributed by atoms with Gasteiger partial charge in [0.2, 0.25) is 0 Å². The minimum atomic E-state index is 0. The summed E-state index contributed by atoms with van der Waals surface area (Å²) in [5, 5.41) is 0. The lowest BCUT2D eigenvalue weighted by Crippen LogP contribution is -1.85. The van der Waals surface area contributed by atoms with Gasteiger partial charge in [0.25, 0.3) is 0 Å². The third-order valence-corrected chi connectivity index (χ3v) is 2.97. The van der Waals surface area contributed by atoms with E-state index in [0.29, 0.717) is 0 Å². The van der Waals surface area contributed by atoms with Crippen LogP contribution in [-0.2, 0) is 0 Å². The van der Waals surface area contributed by atoms with Crippen LogP contribution in [0.1, 0.15) is 123 Å². The molecule has 0 amide bonds. The van der Waals surface area contributed by atoms with Crippen LogP contribution in [0.4, 0.5) is 0 Å². The first-order chi connectivity index (χ1) is 7.99. The highest BCUT2D eigenvalue weighted by molar-refractivity contribution is 4.41. The Morgan fingerprint density at radius 1 is 0.600 bits per heavy atom. The second kappa shape index (κ2) is 36.4. The molecule has 0 atom stereocenters. The van der Waals surface area contributed by atoms with E-state index in [-0.39, 0.29) is 22.3 Å². The van der Waals surface area contributed by atoms with Crippen molar-refractivity contribution in [3.63, 3.8) is 0 Å². The molecule has 0 aromatic carbocycles. The molecule has 0 fully saturated rings. The maximum absolute atomic E-state index is 2.28. The molecule has 0 rings (SSSR count). The molecule has 0 nitrogen and oxygen atoms in total. The zero-order chi connectivity index (χ0) is 14.1. The van der Waals surface area contributed by atoms with Crippen LogP contribution in [0.25, 0.3) is 0 Å². The Balaban J connectivity index is -0.0000000343. The average molecular weight is 293 g/mol. The Bertz CT molecular complexity index is 88.2. The highest BCUT2D eigenvalue weighted by Gasteiger charge is 1.88. The van der Waals surface area contributed by atoms with Gasteiger partial charge in [-0.25, -0.2) is 0 Å². The Kier molecular flexibility index (Phi) is 67.1. The summed E-state index contributed by atoms with van der Waals surface area (Å²) in [6.07, 6.45) is 9.44. The number of rotatable bonds is 6. The fourth-order valence-electron chi connectivity index (χ4n) is 1.22. The summed E-state index contributed by atoms with van der Waals surface area (Å²) in [5.74, 6) is 1.83. The smallest absolute Gasteiger partial charge is 0.0448 e. The van der Waals surface area contributed by atoms with E-state index in [9.17, 15) is 0 Å². The second-order valence-electron chi connectivity index (χ2n) is 5.46. The topological polar surface area (TPSA) is 0 Å². The Hall–Kier alpha value is 0. The van der Waals surface area contributed by atoms with Gasteiger partial charge in [0, 0.05) is 0 Å². The quantitative estimate of drug-likeness (QED) is 0.458. The van der Waals surface area contributed by atoms with E-state index in [0.717, 1.165) is 11.8 Å². The lowest BCUT2D eigenvalue weighted by molar-refractivity contribution is 0.544. The highest BCUT2D eigenvalue weighted by atomic mass is 13.9. The van der Waals surface area contributed by atoms with Crippen molar-refractivity contribution in [2.45, 2.75) is 123 Å². The maximum atomic E-state index is 2.28. The monoisotopic (exact) mass is 292 g/mol. The van der Waals surface area contributed by atoms with Gasteiger partial charge in [0.1, 0.15) is 0 Å². The SMILES string of the molecule is C.C.C.CCC(C)CC.CCCC(C)C.CCCCC. The van der Waals surface area contributed by atoms with Gasteiger partial charge >= 0.3 is 0 Å². The van der Waals surface area contributed by atoms with Crippen molar-refractivity contribution in [2.75, 3.05) is 0 Å². The Morgan fingerprint density at radius 2 is 0.950 bits per heavy atom. The van der Waals surface area contributed by atoms with Gasteiger partial charge in [-0.05, 0) is 11.8 Å². The first-order valence-corrected chi connectivity index (χ1v) is 7.99. The molecule has 0 heterocycles. The van der Waals surface area contributed by atoms with Crippen molar-refractivity contribution >= 4 is 0 Å². The summed E-state index contributed by atoms with van der Waals surface area (Å²) in [5.41, 5.74) is 0. The summed E-state index contributed by atoms with van der Waals surface area (Å²) in [6, 6.07) is 0. The van der Waals surface area contributed by atoms with Crippen molar-refractivity contribution in [3.8, 4) is 0 Å². The van der Waals surface area contributed by atoms with Crippen LogP contribution in [0.15, 0.2) is 0 Å². The lowest BCUT2D eigenvalue weighted by atomic mass is 10.1. The molecular formula is C20H52. The van der Waals surface area contributed by atoms with E-state index in [2.05, 4.69) is 55.4 Å². The minimum absolute atomic E-state index is 0. The van der Waals surface area contributed by atoms with Gasteiger partial charge in [-0.3, -0.25) is 0 Å². The number of hydrogen-bond acceptors (Lipinski definition) is 0. The summed E-state index contributed by atoms with van der Waals surface area (Å²) in [7, 11) is 0. The molecule has 0 saturated heterocycles. The van der Waals surface area contributed by atoms with Gasteiger partial charge < -0.3 is 0 Å². The number of unbranched alkanes of at least 4 members (excludes halogenated alkanes) is 2. The van der Waals surface area contributed by atoms with Crippen LogP contribution >= 0.6 is 0 Å². The largest absolute Gasteiger partial charge is 0.0776 e. The molecule has 0 radical (unpaired) electrons. The van der Waals surface area contributed by atoms with Crippen LogP contribution in [0.5, 0.6) is 0 Å². The predicted octanol–water partition coefficient (Wildman–Crippen LogP) is 8.99. The standard InChI is InChI=1S/2C6H14.C5H12.3CH4/c1-4-5-6(2)3;1-4-6(3)5-2;1-3-5-4-2;;;/h2*6H,4-5H2,1-3H3;3-5H2,1-2H3;3*1H4. The van der Waals surface area contributed by atoms with Crippen molar-refractivity contribution in [3.05, 3.63) is 0 Å². The molecule has 0 heteroatoms. The molecule has 20 heavy (non-hydrogen) atoms. The van der Waals surface area contributed by atoms with E-state index >= 15 is 0 Å². The van der Waals surface area contributed by atoms with Gasteiger partial charge in [-0.2, -0.15) is 0 Å². The summed E-state index contributed by atoms with van der Waals surface area (Å²) >= 11 is 0. The van der Waals surface area contributed by atoms with Crippen LogP contribution in [0.2, 0.25) is 0 Å². The predicted molar refractivity (Wildman–Crippen MR) is 105 cm³/mol. The Morgan fingerprint density at radius 3 is 0.950 bits per heavy atom. The third kappa shape index (κ3) is 64.2. The second-order valence-corrected chi connectivity index (χ2v) is 5.46. The maximum Gasteiger partial charge on any atom is -0.0448 e. The van der Waals surface area contributed by atoms with Crippen molar-refractivity contribution in [1.29, 1.82) is 0 Å². The fourth-order valence-corrected chi connectivity index (χ4v) is 1.22. The molecule has 0 bridgehead atoms. The normalized spacial score (nSPS) is 8.10. The fraction of sp³-hybridized carbons (Fsp3) is 1.00. The average Bonchev–Trinajstić information content (AvgIpc) is 2.30. The van der Waals surface area contributed by atoms with Crippen molar-refractivity contribution < 1.29 is 0 Å². The molecule has 0 N–H and O–H groups in total. The molecule has 0 aliphatic rings. The minimum Gasteiger partial charge on any atom is -0.0776 e. The van der Waals surface area contributed by atoms with Crippen LogP contribution < -0.4 is 0 Å². The van der Waals surface area contributed by atoms with Gasteiger partial charge in [-0.15, -0.1) is 0 Å². The van der Waals surface area contributed by atoms with Crippen molar-refractivity contribution in [1.82, 2.24) is 0 Å². The van der Waals surface area contributed by atoms with E-state index in [1.807, 2.05) is 0 Å². The summed E-state index contributed by atoms with van der Waals surface area (Å²) in [6.45, 7) is 17.9. The van der Waals surface area contributed by atoms with E-state index < -0.39 is 0 Å². The molecule has 0 unspecified atom stereocenters. The highest BCUT2D eigenvalue weighted by Crippen LogP contribution is 2.02. The van der Waals surface area contributed by atoms with Crippen LogP contribution in [-0.4, -0.2) is 0 Å². The van der Waals surface area contributed by atoms with Gasteiger partial charge in [-0.1, -0.05) is 123 Å². The van der Waals surface area contributed by atoms with Crippen LogP contribution in [0.3, 0.4) is 0 Å². The summed E-state index contributed by atoms with van der Waals surface area (Å²) < 4.78 is 0.